The molecule has 0 aromatic heterocycles. The first kappa shape index (κ1) is 14.5. The van der Waals surface area contributed by atoms with E-state index in [-0.39, 0.29) is 0 Å². The molecule has 0 heteroatoms. The van der Waals surface area contributed by atoms with Gasteiger partial charge in [0.15, 0.2) is 0 Å². The minimum absolute atomic E-state index is 0.852. The molecule has 0 heterocycles. The normalized spacial score (nSPS) is 10.5. The fraction of sp³-hybridized carbons (Fsp3) is 1.00. The molecule has 0 aliphatic carbocycles. The third-order valence-electron chi connectivity index (χ3n) is 2.73. The van der Waals surface area contributed by atoms with Crippen molar-refractivity contribution >= 4 is 0 Å². The minimum Gasteiger partial charge on any atom is -0.0651 e. The summed E-state index contributed by atoms with van der Waals surface area (Å²) in [6.07, 6.45) is 2.66. The van der Waals surface area contributed by atoms with Gasteiger partial charge in [-0.3, -0.25) is 0 Å². The highest BCUT2D eigenvalue weighted by atomic mass is 14.0. The summed E-state index contributed by atoms with van der Waals surface area (Å²) in [4.78, 5) is 0. The Morgan fingerprint density at radius 2 is 0.917 bits per heavy atom. The first-order chi connectivity index (χ1) is 5.45. The number of hydrogen-bond acceptors (Lipinski definition) is 0. The lowest BCUT2D eigenvalue weighted by atomic mass is 10.0. The Hall–Kier alpha value is 0. The van der Waals surface area contributed by atoms with E-state index >= 15 is 0 Å². The molecule has 0 spiro atoms. The highest BCUT2D eigenvalue weighted by molar-refractivity contribution is 4.46. The van der Waals surface area contributed by atoms with Crippen LogP contribution in [-0.2, 0) is 0 Å². The first-order valence-electron chi connectivity index (χ1n) is 5.45. The van der Waals surface area contributed by atoms with Crippen molar-refractivity contribution in [2.45, 2.75) is 61.3 Å². The van der Waals surface area contributed by atoms with Gasteiger partial charge in [-0.05, 0) is 17.8 Å². The van der Waals surface area contributed by atoms with Gasteiger partial charge in [-0.2, -0.15) is 0 Å². The van der Waals surface area contributed by atoms with Gasteiger partial charge in [-0.15, -0.1) is 0 Å². The van der Waals surface area contributed by atoms with Gasteiger partial charge in [-0.1, -0.05) is 61.3 Å². The van der Waals surface area contributed by atoms with Gasteiger partial charge in [0.05, 0.1) is 0 Å². The SMILES string of the molecule is CC(C)C(C)C.CCC(C)CC. The van der Waals surface area contributed by atoms with Crippen molar-refractivity contribution in [1.29, 1.82) is 0 Å². The summed E-state index contributed by atoms with van der Waals surface area (Å²) < 4.78 is 0. The Balaban J connectivity index is 0. The molecule has 76 valence electrons. The average molecular weight is 172 g/mol. The summed E-state index contributed by atoms with van der Waals surface area (Å²) in [5.41, 5.74) is 0. The standard InChI is InChI=1S/2C6H14/c1-5(2)6(3)4;1-4-6(3)5-2/h5-6H,1-4H3;6H,4-5H2,1-3H3. The van der Waals surface area contributed by atoms with E-state index < -0.39 is 0 Å². The Kier molecular flexibility index (Phi) is 11.0. The van der Waals surface area contributed by atoms with Crippen LogP contribution in [0.3, 0.4) is 0 Å². The van der Waals surface area contributed by atoms with Crippen LogP contribution < -0.4 is 0 Å². The summed E-state index contributed by atoms with van der Waals surface area (Å²) in [7, 11) is 0. The van der Waals surface area contributed by atoms with Gasteiger partial charge >= 0.3 is 0 Å². The van der Waals surface area contributed by atoms with E-state index in [1.165, 1.54) is 12.8 Å². The van der Waals surface area contributed by atoms with E-state index in [1.807, 2.05) is 0 Å². The Bertz CT molecular complexity index is 62.1. The zero-order valence-electron chi connectivity index (χ0n) is 10.1. The summed E-state index contributed by atoms with van der Waals surface area (Å²) in [6, 6.07) is 0. The number of rotatable bonds is 3. The fourth-order valence-corrected chi connectivity index (χ4v) is 0.289. The fourth-order valence-electron chi connectivity index (χ4n) is 0.289. The summed E-state index contributed by atoms with van der Waals surface area (Å²) in [5, 5.41) is 0. The minimum atomic E-state index is 0.852. The second-order valence-corrected chi connectivity index (χ2v) is 4.41. The van der Waals surface area contributed by atoms with Crippen molar-refractivity contribution in [2.75, 3.05) is 0 Å². The van der Waals surface area contributed by atoms with E-state index in [2.05, 4.69) is 48.5 Å². The molecule has 0 aliphatic heterocycles. The second-order valence-electron chi connectivity index (χ2n) is 4.41. The predicted molar refractivity (Wildman–Crippen MR) is 59.4 cm³/mol. The van der Waals surface area contributed by atoms with Crippen molar-refractivity contribution < 1.29 is 0 Å². The van der Waals surface area contributed by atoms with Crippen LogP contribution in [0.25, 0.3) is 0 Å². The van der Waals surface area contributed by atoms with Gasteiger partial charge in [0.25, 0.3) is 0 Å². The Morgan fingerprint density at radius 3 is 0.917 bits per heavy atom. The summed E-state index contributed by atoms with van der Waals surface area (Å²) in [6.45, 7) is 15.7. The third-order valence-corrected chi connectivity index (χ3v) is 2.73. The summed E-state index contributed by atoms with van der Waals surface area (Å²) in [5.74, 6) is 2.64. The maximum absolute atomic E-state index is 2.28. The van der Waals surface area contributed by atoms with E-state index in [0.717, 1.165) is 17.8 Å². The maximum atomic E-state index is 2.28. The smallest absolute Gasteiger partial charge is 0.0448 e. The zero-order chi connectivity index (χ0) is 10.1. The lowest BCUT2D eigenvalue weighted by Gasteiger charge is -2.05. The van der Waals surface area contributed by atoms with E-state index in [1.54, 1.807) is 0 Å². The quantitative estimate of drug-likeness (QED) is 0.577. The van der Waals surface area contributed by atoms with Crippen molar-refractivity contribution in [1.82, 2.24) is 0 Å². The van der Waals surface area contributed by atoms with Gasteiger partial charge in [0.2, 0.25) is 0 Å². The van der Waals surface area contributed by atoms with E-state index in [0.29, 0.717) is 0 Å². The van der Waals surface area contributed by atoms with E-state index in [4.69, 9.17) is 0 Å². The third kappa shape index (κ3) is 12.7. The van der Waals surface area contributed by atoms with Crippen LogP contribution >= 0.6 is 0 Å². The second kappa shape index (κ2) is 9.09. The van der Waals surface area contributed by atoms with Crippen LogP contribution in [0.1, 0.15) is 61.3 Å². The van der Waals surface area contributed by atoms with Crippen LogP contribution in [0, 0.1) is 17.8 Å². The molecule has 12 heavy (non-hydrogen) atoms. The molecular formula is C12H28. The molecule has 0 rings (SSSR count). The molecule has 0 aliphatic rings. The number of hydrogen-bond donors (Lipinski definition) is 0. The largest absolute Gasteiger partial charge is 0.0651 e. The molecule has 0 bridgehead atoms. The molecule has 0 radical (unpaired) electrons. The van der Waals surface area contributed by atoms with Crippen LogP contribution in [0.5, 0.6) is 0 Å². The monoisotopic (exact) mass is 172 g/mol. The summed E-state index contributed by atoms with van der Waals surface area (Å²) >= 11 is 0. The first-order valence-corrected chi connectivity index (χ1v) is 5.45. The molecule has 0 nitrogen and oxygen atoms in total. The van der Waals surface area contributed by atoms with Crippen LogP contribution in [-0.4, -0.2) is 0 Å². The van der Waals surface area contributed by atoms with Crippen molar-refractivity contribution in [3.63, 3.8) is 0 Å². The van der Waals surface area contributed by atoms with Crippen molar-refractivity contribution in [3.8, 4) is 0 Å². The van der Waals surface area contributed by atoms with E-state index in [9.17, 15) is 0 Å². The molecule has 0 saturated carbocycles. The van der Waals surface area contributed by atoms with Crippen molar-refractivity contribution in [3.05, 3.63) is 0 Å². The van der Waals surface area contributed by atoms with Gasteiger partial charge in [-0.25, -0.2) is 0 Å². The molecule has 0 saturated heterocycles. The molecule has 0 N–H and O–H groups in total. The van der Waals surface area contributed by atoms with Gasteiger partial charge in [0, 0.05) is 0 Å². The average Bonchev–Trinajstić information content (AvgIpc) is 2.04. The highest BCUT2D eigenvalue weighted by Crippen LogP contribution is 2.05. The highest BCUT2D eigenvalue weighted by Gasteiger charge is 1.95. The van der Waals surface area contributed by atoms with Gasteiger partial charge < -0.3 is 0 Å². The maximum Gasteiger partial charge on any atom is -0.0448 e. The van der Waals surface area contributed by atoms with Crippen molar-refractivity contribution in [2.24, 2.45) is 17.8 Å². The Labute approximate surface area is 79.8 Å². The molecule has 0 unspecified atom stereocenters. The van der Waals surface area contributed by atoms with Gasteiger partial charge in [0.1, 0.15) is 0 Å². The Morgan fingerprint density at radius 1 is 0.667 bits per heavy atom. The lowest BCUT2D eigenvalue weighted by Crippen LogP contribution is -1.95. The molecule has 0 fully saturated rings. The lowest BCUT2D eigenvalue weighted by molar-refractivity contribution is 0.457. The zero-order valence-corrected chi connectivity index (χ0v) is 10.1. The molecule has 0 amide bonds. The van der Waals surface area contributed by atoms with Crippen LogP contribution in [0.2, 0.25) is 0 Å². The molecule has 0 atom stereocenters. The predicted octanol–water partition coefficient (Wildman–Crippen LogP) is 4.74. The van der Waals surface area contributed by atoms with Crippen LogP contribution in [0.4, 0.5) is 0 Å². The molecule has 0 aromatic rings. The molecule has 0 aromatic carbocycles. The van der Waals surface area contributed by atoms with Crippen LogP contribution in [0.15, 0.2) is 0 Å². The topological polar surface area (TPSA) is 0 Å². The molecular weight excluding hydrogens is 144 g/mol.